The van der Waals surface area contributed by atoms with E-state index < -0.39 is 53.3 Å². The Hall–Kier alpha value is -3.38. The van der Waals surface area contributed by atoms with Crippen molar-refractivity contribution in [1.29, 1.82) is 0 Å². The summed E-state index contributed by atoms with van der Waals surface area (Å²) in [6.07, 6.45) is -5.06. The first-order chi connectivity index (χ1) is 13.5. The van der Waals surface area contributed by atoms with Crippen LogP contribution in [0.1, 0.15) is 12.0 Å². The van der Waals surface area contributed by atoms with Gasteiger partial charge in [-0.15, -0.1) is 0 Å². The molecule has 0 saturated heterocycles. The highest BCUT2D eigenvalue weighted by Gasteiger charge is 2.33. The van der Waals surface area contributed by atoms with E-state index >= 15 is 0 Å². The minimum absolute atomic E-state index is 0.204. The number of methoxy groups -OCH3 is 2. The van der Waals surface area contributed by atoms with Gasteiger partial charge in [-0.05, 0) is 12.1 Å². The van der Waals surface area contributed by atoms with Crippen LogP contribution in [-0.2, 0) is 30.0 Å². The lowest BCUT2D eigenvalue weighted by Crippen LogP contribution is -2.40. The van der Waals surface area contributed by atoms with Gasteiger partial charge in [0.1, 0.15) is 18.8 Å². The number of alkyl halides is 3. The van der Waals surface area contributed by atoms with Crippen molar-refractivity contribution in [2.75, 3.05) is 39.2 Å². The lowest BCUT2D eigenvalue weighted by molar-refractivity contribution is -0.384. The van der Waals surface area contributed by atoms with Crippen molar-refractivity contribution in [1.82, 2.24) is 4.90 Å². The quantitative estimate of drug-likeness (QED) is 0.362. The van der Waals surface area contributed by atoms with E-state index in [4.69, 9.17) is 0 Å². The van der Waals surface area contributed by atoms with Crippen LogP contribution in [0.5, 0.6) is 0 Å². The summed E-state index contributed by atoms with van der Waals surface area (Å²) >= 11 is 0. The number of halogens is 3. The van der Waals surface area contributed by atoms with E-state index in [2.05, 4.69) is 14.8 Å². The molecular weight excluding hydrogens is 403 g/mol. The smallest absolute Gasteiger partial charge is 0.416 e. The molecule has 0 spiro atoms. The lowest BCUT2D eigenvalue weighted by Gasteiger charge is -2.20. The fourth-order valence-electron chi connectivity index (χ4n) is 2.14. The number of rotatable bonds is 9. The first-order valence-corrected chi connectivity index (χ1v) is 8.00. The van der Waals surface area contributed by atoms with Crippen LogP contribution in [0, 0.1) is 10.1 Å². The standard InChI is InChI=1S/C16H18F3N3O7/c1-28-14(24)8-21(9-15(25)29-2)13(23)5-6-20-11-4-3-10(16(17,18)19)7-12(11)22(26)27/h3-4,7,20H,5-6,8-9H2,1-2H3. The first-order valence-electron chi connectivity index (χ1n) is 8.00. The number of nitro benzene ring substituents is 1. The molecule has 1 rings (SSSR count). The van der Waals surface area contributed by atoms with Crippen molar-refractivity contribution in [3.8, 4) is 0 Å². The molecule has 1 amide bonds. The molecule has 0 aromatic heterocycles. The minimum Gasteiger partial charge on any atom is -0.468 e. The van der Waals surface area contributed by atoms with Crippen molar-refractivity contribution < 1.29 is 42.0 Å². The fraction of sp³-hybridized carbons (Fsp3) is 0.438. The second-order valence-electron chi connectivity index (χ2n) is 5.57. The molecule has 0 aliphatic rings. The number of nitrogens with zero attached hydrogens (tertiary/aromatic N) is 2. The average molecular weight is 421 g/mol. The second-order valence-corrected chi connectivity index (χ2v) is 5.57. The summed E-state index contributed by atoms with van der Waals surface area (Å²) < 4.78 is 47.0. The van der Waals surface area contributed by atoms with E-state index in [0.29, 0.717) is 12.1 Å². The summed E-state index contributed by atoms with van der Waals surface area (Å²) in [5.74, 6) is -2.25. The Kier molecular flexibility index (Phi) is 8.36. The number of benzene rings is 1. The highest BCUT2D eigenvalue weighted by molar-refractivity contribution is 5.86. The number of carbonyl (C=O) groups excluding carboxylic acids is 3. The van der Waals surface area contributed by atoms with Crippen LogP contribution in [0.3, 0.4) is 0 Å². The van der Waals surface area contributed by atoms with Gasteiger partial charge >= 0.3 is 18.1 Å². The van der Waals surface area contributed by atoms with Crippen molar-refractivity contribution >= 4 is 29.2 Å². The van der Waals surface area contributed by atoms with Crippen molar-refractivity contribution in [2.24, 2.45) is 0 Å². The van der Waals surface area contributed by atoms with E-state index in [1.165, 1.54) is 0 Å². The Morgan fingerprint density at radius 3 is 2.14 bits per heavy atom. The van der Waals surface area contributed by atoms with E-state index in [0.717, 1.165) is 25.2 Å². The van der Waals surface area contributed by atoms with E-state index in [-0.39, 0.29) is 18.7 Å². The summed E-state index contributed by atoms with van der Waals surface area (Å²) in [7, 11) is 2.18. The van der Waals surface area contributed by atoms with Crippen molar-refractivity contribution in [3.63, 3.8) is 0 Å². The zero-order valence-corrected chi connectivity index (χ0v) is 15.4. The summed E-state index contributed by atoms with van der Waals surface area (Å²) in [4.78, 5) is 45.9. The molecule has 0 unspecified atom stereocenters. The third-order valence-corrected chi connectivity index (χ3v) is 3.62. The topological polar surface area (TPSA) is 128 Å². The maximum absolute atomic E-state index is 12.7. The maximum atomic E-state index is 12.7. The SMILES string of the molecule is COC(=O)CN(CC(=O)OC)C(=O)CCNc1ccc(C(F)(F)F)cc1[N+](=O)[O-]. The summed E-state index contributed by atoms with van der Waals surface area (Å²) in [5, 5.41) is 13.5. The molecule has 1 aromatic rings. The van der Waals surface area contributed by atoms with Crippen molar-refractivity contribution in [3.05, 3.63) is 33.9 Å². The van der Waals surface area contributed by atoms with Crippen LogP contribution in [0.15, 0.2) is 18.2 Å². The molecule has 13 heteroatoms. The van der Waals surface area contributed by atoms with Gasteiger partial charge in [-0.1, -0.05) is 0 Å². The zero-order valence-electron chi connectivity index (χ0n) is 15.4. The van der Waals surface area contributed by atoms with Gasteiger partial charge in [0.05, 0.1) is 24.7 Å². The third-order valence-electron chi connectivity index (χ3n) is 3.62. The van der Waals surface area contributed by atoms with Crippen LogP contribution >= 0.6 is 0 Å². The van der Waals surface area contributed by atoms with E-state index in [9.17, 15) is 37.7 Å². The molecule has 10 nitrogen and oxygen atoms in total. The Morgan fingerprint density at radius 1 is 1.14 bits per heavy atom. The predicted molar refractivity (Wildman–Crippen MR) is 91.8 cm³/mol. The summed E-state index contributed by atoms with van der Waals surface area (Å²) in [5.41, 5.74) is -2.22. The number of esters is 2. The molecule has 1 N–H and O–H groups in total. The molecule has 0 aliphatic heterocycles. The normalized spacial score (nSPS) is 10.8. The van der Waals surface area contributed by atoms with Crippen LogP contribution in [0.2, 0.25) is 0 Å². The average Bonchev–Trinajstić information content (AvgIpc) is 2.66. The predicted octanol–water partition coefficient (Wildman–Crippen LogP) is 1.59. The Bertz CT molecular complexity index is 766. The van der Waals surface area contributed by atoms with Gasteiger partial charge in [-0.3, -0.25) is 24.5 Å². The highest BCUT2D eigenvalue weighted by atomic mass is 19.4. The largest absolute Gasteiger partial charge is 0.468 e. The van der Waals surface area contributed by atoms with Gasteiger partial charge in [-0.2, -0.15) is 13.2 Å². The Balaban J connectivity index is 2.83. The molecule has 29 heavy (non-hydrogen) atoms. The Labute approximate surface area is 162 Å². The monoisotopic (exact) mass is 421 g/mol. The zero-order chi connectivity index (χ0) is 22.2. The number of nitrogens with one attached hydrogen (secondary N) is 1. The molecule has 1 aromatic carbocycles. The van der Waals surface area contributed by atoms with Crippen LogP contribution in [0.25, 0.3) is 0 Å². The molecule has 0 radical (unpaired) electrons. The van der Waals surface area contributed by atoms with E-state index in [1.54, 1.807) is 0 Å². The number of ether oxygens (including phenoxy) is 2. The second kappa shape index (κ2) is 10.2. The van der Waals surface area contributed by atoms with E-state index in [1.807, 2.05) is 0 Å². The number of carbonyl (C=O) groups is 3. The van der Waals surface area contributed by atoms with Gasteiger partial charge < -0.3 is 19.7 Å². The lowest BCUT2D eigenvalue weighted by atomic mass is 10.1. The number of anilines is 1. The number of nitro groups is 1. The molecule has 160 valence electrons. The summed E-state index contributed by atoms with van der Waals surface area (Å²) in [6, 6.07) is 1.93. The molecule has 0 aliphatic carbocycles. The molecule has 0 saturated carbocycles. The molecule has 0 atom stereocenters. The number of hydrogen-bond acceptors (Lipinski definition) is 8. The highest BCUT2D eigenvalue weighted by Crippen LogP contribution is 2.34. The Morgan fingerprint density at radius 2 is 1.69 bits per heavy atom. The molecular formula is C16H18F3N3O7. The fourth-order valence-corrected chi connectivity index (χ4v) is 2.14. The van der Waals surface area contributed by atoms with Gasteiger partial charge in [0.25, 0.3) is 5.69 Å². The van der Waals surface area contributed by atoms with Crippen LogP contribution in [0.4, 0.5) is 24.5 Å². The van der Waals surface area contributed by atoms with Crippen molar-refractivity contribution in [2.45, 2.75) is 12.6 Å². The molecule has 0 fully saturated rings. The first kappa shape index (κ1) is 23.7. The number of hydrogen-bond donors (Lipinski definition) is 1. The van der Waals surface area contributed by atoms with Crippen LogP contribution < -0.4 is 5.32 Å². The van der Waals surface area contributed by atoms with Gasteiger partial charge in [0.15, 0.2) is 0 Å². The summed E-state index contributed by atoms with van der Waals surface area (Å²) in [6.45, 7) is -1.25. The van der Waals surface area contributed by atoms with Crippen LogP contribution in [-0.4, -0.2) is 61.5 Å². The third kappa shape index (κ3) is 7.27. The minimum atomic E-state index is -4.75. The van der Waals surface area contributed by atoms with Gasteiger partial charge in [0.2, 0.25) is 5.91 Å². The molecule has 0 heterocycles. The maximum Gasteiger partial charge on any atom is 0.416 e. The van der Waals surface area contributed by atoms with Gasteiger partial charge in [0, 0.05) is 19.0 Å². The number of amides is 1. The van der Waals surface area contributed by atoms with Gasteiger partial charge in [-0.25, -0.2) is 0 Å². The molecule has 0 bridgehead atoms.